The summed E-state index contributed by atoms with van der Waals surface area (Å²) in [5.41, 5.74) is 0.190. The highest BCUT2D eigenvalue weighted by Gasteiger charge is 2.19. The molecular weight excluding hydrogens is 240 g/mol. The molecule has 0 N–H and O–H groups in total. The third-order valence-electron chi connectivity index (χ3n) is 1.96. The third kappa shape index (κ3) is 2.88. The van der Waals surface area contributed by atoms with Crippen LogP contribution in [0.3, 0.4) is 0 Å². The van der Waals surface area contributed by atoms with Crippen molar-refractivity contribution < 1.29 is 18.3 Å². The standard InChI is InChI=1S/C10H10ClF2NO2/c1-5-3-6(4-7(15)16-2)8(11)9(14-5)10(12)13/h3,10H,4H2,1-2H3. The molecule has 0 saturated carbocycles. The van der Waals surface area contributed by atoms with Crippen molar-refractivity contribution >= 4 is 17.6 Å². The Morgan fingerprint density at radius 3 is 2.75 bits per heavy atom. The van der Waals surface area contributed by atoms with E-state index >= 15 is 0 Å². The van der Waals surface area contributed by atoms with Gasteiger partial charge < -0.3 is 4.74 Å². The van der Waals surface area contributed by atoms with Gasteiger partial charge in [-0.25, -0.2) is 8.78 Å². The van der Waals surface area contributed by atoms with Gasteiger partial charge in [0.15, 0.2) is 0 Å². The van der Waals surface area contributed by atoms with Gasteiger partial charge in [0.1, 0.15) is 5.69 Å². The molecule has 0 aliphatic heterocycles. The van der Waals surface area contributed by atoms with Crippen molar-refractivity contribution in [1.82, 2.24) is 4.98 Å². The molecule has 88 valence electrons. The van der Waals surface area contributed by atoms with Crippen LogP contribution in [0.15, 0.2) is 6.07 Å². The van der Waals surface area contributed by atoms with E-state index in [0.29, 0.717) is 11.3 Å². The summed E-state index contributed by atoms with van der Waals surface area (Å²) in [5.74, 6) is -0.535. The Morgan fingerprint density at radius 2 is 2.25 bits per heavy atom. The van der Waals surface area contributed by atoms with Gasteiger partial charge in [-0.15, -0.1) is 0 Å². The zero-order valence-electron chi connectivity index (χ0n) is 8.76. The van der Waals surface area contributed by atoms with E-state index in [9.17, 15) is 13.6 Å². The van der Waals surface area contributed by atoms with Crippen LogP contribution in [-0.2, 0) is 16.0 Å². The number of halogens is 3. The van der Waals surface area contributed by atoms with Crippen LogP contribution in [0.4, 0.5) is 8.78 Å². The Kier molecular flexibility index (Phi) is 4.18. The van der Waals surface area contributed by atoms with Crippen molar-refractivity contribution in [1.29, 1.82) is 0 Å². The minimum atomic E-state index is -2.76. The number of alkyl halides is 2. The number of ether oxygens (including phenoxy) is 1. The number of pyridine rings is 1. The largest absolute Gasteiger partial charge is 0.469 e. The first kappa shape index (κ1) is 12.8. The Morgan fingerprint density at radius 1 is 1.62 bits per heavy atom. The molecule has 0 saturated heterocycles. The van der Waals surface area contributed by atoms with Gasteiger partial charge in [-0.3, -0.25) is 9.78 Å². The van der Waals surface area contributed by atoms with Crippen molar-refractivity contribution in [2.75, 3.05) is 7.11 Å². The Hall–Kier alpha value is -1.23. The number of aromatic nitrogens is 1. The zero-order valence-corrected chi connectivity index (χ0v) is 9.52. The van der Waals surface area contributed by atoms with Gasteiger partial charge in [-0.05, 0) is 18.6 Å². The fourth-order valence-electron chi connectivity index (χ4n) is 1.25. The van der Waals surface area contributed by atoms with E-state index in [1.54, 1.807) is 6.92 Å². The van der Waals surface area contributed by atoms with Crippen molar-refractivity contribution in [2.45, 2.75) is 19.8 Å². The molecule has 0 radical (unpaired) electrons. The normalized spacial score (nSPS) is 10.6. The maximum absolute atomic E-state index is 12.5. The molecule has 0 aliphatic rings. The lowest BCUT2D eigenvalue weighted by Crippen LogP contribution is -2.07. The van der Waals surface area contributed by atoms with Gasteiger partial charge in [0.05, 0.1) is 18.6 Å². The number of nitrogens with zero attached hydrogens (tertiary/aromatic N) is 1. The minimum Gasteiger partial charge on any atom is -0.469 e. The van der Waals surface area contributed by atoms with Crippen molar-refractivity contribution in [2.24, 2.45) is 0 Å². The maximum Gasteiger partial charge on any atom is 0.310 e. The van der Waals surface area contributed by atoms with Crippen LogP contribution in [0.1, 0.15) is 23.4 Å². The minimum absolute atomic E-state index is 0.140. The van der Waals surface area contributed by atoms with Crippen LogP contribution in [0, 0.1) is 6.92 Å². The topological polar surface area (TPSA) is 39.2 Å². The second kappa shape index (κ2) is 5.21. The monoisotopic (exact) mass is 249 g/mol. The maximum atomic E-state index is 12.5. The van der Waals surface area contributed by atoms with Gasteiger partial charge in [0, 0.05) is 5.69 Å². The molecule has 1 heterocycles. The molecule has 0 aliphatic carbocycles. The van der Waals surface area contributed by atoms with Crippen LogP contribution in [0.5, 0.6) is 0 Å². The highest BCUT2D eigenvalue weighted by molar-refractivity contribution is 6.32. The lowest BCUT2D eigenvalue weighted by molar-refractivity contribution is -0.139. The second-order valence-corrected chi connectivity index (χ2v) is 3.55. The van der Waals surface area contributed by atoms with E-state index in [-0.39, 0.29) is 11.4 Å². The summed E-state index contributed by atoms with van der Waals surface area (Å²) in [6.07, 6.45) is -2.90. The first-order chi connectivity index (χ1) is 7.45. The number of esters is 1. The molecule has 1 aromatic heterocycles. The smallest absolute Gasteiger partial charge is 0.310 e. The number of carbonyl (C=O) groups excluding carboxylic acids is 1. The highest BCUT2D eigenvalue weighted by Crippen LogP contribution is 2.29. The number of methoxy groups -OCH3 is 1. The summed E-state index contributed by atoms with van der Waals surface area (Å²) in [4.78, 5) is 14.7. The molecular formula is C10H10ClF2NO2. The van der Waals surface area contributed by atoms with Crippen LogP contribution in [-0.4, -0.2) is 18.1 Å². The average molecular weight is 250 g/mol. The predicted octanol–water partition coefficient (Wildman–Crippen LogP) is 2.70. The van der Waals surface area contributed by atoms with Gasteiger partial charge in [-0.1, -0.05) is 11.6 Å². The Balaban J connectivity index is 3.14. The van der Waals surface area contributed by atoms with E-state index in [1.165, 1.54) is 13.2 Å². The van der Waals surface area contributed by atoms with Crippen LogP contribution in [0.25, 0.3) is 0 Å². The molecule has 0 aromatic carbocycles. The quantitative estimate of drug-likeness (QED) is 0.773. The molecule has 16 heavy (non-hydrogen) atoms. The zero-order chi connectivity index (χ0) is 12.3. The third-order valence-corrected chi connectivity index (χ3v) is 2.39. The van der Waals surface area contributed by atoms with E-state index < -0.39 is 18.1 Å². The fourth-order valence-corrected chi connectivity index (χ4v) is 1.50. The van der Waals surface area contributed by atoms with Crippen LogP contribution in [0.2, 0.25) is 5.02 Å². The van der Waals surface area contributed by atoms with Gasteiger partial charge in [0.25, 0.3) is 6.43 Å². The molecule has 1 rings (SSSR count). The number of hydrogen-bond acceptors (Lipinski definition) is 3. The number of carbonyl (C=O) groups is 1. The summed E-state index contributed by atoms with van der Waals surface area (Å²) in [7, 11) is 1.22. The van der Waals surface area contributed by atoms with Gasteiger partial charge in [-0.2, -0.15) is 0 Å². The summed E-state index contributed by atoms with van der Waals surface area (Å²) < 4.78 is 29.5. The highest BCUT2D eigenvalue weighted by atomic mass is 35.5. The first-order valence-corrected chi connectivity index (χ1v) is 4.84. The summed E-state index contributed by atoms with van der Waals surface area (Å²) >= 11 is 5.73. The summed E-state index contributed by atoms with van der Waals surface area (Å²) in [5, 5.41) is -0.175. The number of rotatable bonds is 3. The molecule has 1 aromatic rings. The molecule has 0 amide bonds. The number of hydrogen-bond donors (Lipinski definition) is 0. The lowest BCUT2D eigenvalue weighted by Gasteiger charge is -2.09. The lowest BCUT2D eigenvalue weighted by atomic mass is 10.1. The average Bonchev–Trinajstić information content (AvgIpc) is 2.22. The van der Waals surface area contributed by atoms with Crippen molar-refractivity contribution in [3.05, 3.63) is 28.0 Å². The Labute approximate surface area is 96.4 Å². The molecule has 0 fully saturated rings. The predicted molar refractivity (Wildman–Crippen MR) is 54.7 cm³/mol. The van der Waals surface area contributed by atoms with Crippen LogP contribution < -0.4 is 0 Å². The molecule has 3 nitrogen and oxygen atoms in total. The molecule has 0 bridgehead atoms. The summed E-state index contributed by atoms with van der Waals surface area (Å²) in [6.45, 7) is 1.56. The van der Waals surface area contributed by atoms with Gasteiger partial charge >= 0.3 is 5.97 Å². The van der Waals surface area contributed by atoms with Gasteiger partial charge in [0.2, 0.25) is 0 Å². The molecule has 6 heteroatoms. The Bertz CT molecular complexity index is 410. The molecule has 0 spiro atoms. The fraction of sp³-hybridized carbons (Fsp3) is 0.400. The van der Waals surface area contributed by atoms with Crippen molar-refractivity contribution in [3.63, 3.8) is 0 Å². The summed E-state index contributed by atoms with van der Waals surface area (Å²) in [6, 6.07) is 1.49. The first-order valence-electron chi connectivity index (χ1n) is 4.46. The van der Waals surface area contributed by atoms with E-state index in [1.807, 2.05) is 0 Å². The molecule has 0 unspecified atom stereocenters. The van der Waals surface area contributed by atoms with Crippen molar-refractivity contribution in [3.8, 4) is 0 Å². The van der Waals surface area contributed by atoms with E-state index in [0.717, 1.165) is 0 Å². The van der Waals surface area contributed by atoms with Crippen LogP contribution >= 0.6 is 11.6 Å². The van der Waals surface area contributed by atoms with E-state index in [2.05, 4.69) is 9.72 Å². The molecule has 0 atom stereocenters. The second-order valence-electron chi connectivity index (χ2n) is 3.18. The van der Waals surface area contributed by atoms with E-state index in [4.69, 9.17) is 11.6 Å². The SMILES string of the molecule is COC(=O)Cc1cc(C)nc(C(F)F)c1Cl. The number of aryl methyl sites for hydroxylation is 1.